The highest BCUT2D eigenvalue weighted by atomic mass is 19.4. The molecule has 0 saturated carbocycles. The van der Waals surface area contributed by atoms with E-state index >= 15 is 0 Å². The van der Waals surface area contributed by atoms with Crippen molar-refractivity contribution in [2.24, 2.45) is 0 Å². The van der Waals surface area contributed by atoms with Crippen molar-refractivity contribution in [1.29, 1.82) is 0 Å². The number of aromatic nitrogens is 1. The topological polar surface area (TPSA) is 74.3 Å². The van der Waals surface area contributed by atoms with Gasteiger partial charge in [0.2, 0.25) is 0 Å². The molecular formula is C19H17F3N2O3. The number of para-hydroxylation sites is 1. The van der Waals surface area contributed by atoms with Crippen molar-refractivity contribution in [3.05, 3.63) is 65.9 Å². The highest BCUT2D eigenvalue weighted by Crippen LogP contribution is 2.23. The number of carboxylic acids is 1. The molecule has 3 N–H and O–H groups in total. The third kappa shape index (κ3) is 5.01. The third-order valence-electron chi connectivity index (χ3n) is 4.11. The Morgan fingerprint density at radius 1 is 1.15 bits per heavy atom. The lowest BCUT2D eigenvalue weighted by Gasteiger charge is -2.15. The molecule has 8 heteroatoms. The summed E-state index contributed by atoms with van der Waals surface area (Å²) in [5, 5.41) is 13.4. The number of rotatable bonds is 7. The van der Waals surface area contributed by atoms with Gasteiger partial charge in [-0.2, -0.15) is 0 Å². The van der Waals surface area contributed by atoms with Crippen molar-refractivity contribution in [3.63, 3.8) is 0 Å². The smallest absolute Gasteiger partial charge is 0.480 e. The summed E-state index contributed by atoms with van der Waals surface area (Å²) in [6, 6.07) is 12.1. The standard InChI is InChI=1S/C19H17F3N2O3/c20-19(21,22)27-14-7-5-12(6-8-14)10-23-17(18(25)26)9-13-11-24-16-4-2-1-3-15(13)16/h1-8,11,17,23-24H,9-10H2,(H,25,26). The predicted octanol–water partition coefficient (Wildman–Crippen LogP) is 3.85. The summed E-state index contributed by atoms with van der Waals surface area (Å²) < 4.78 is 40.3. The van der Waals surface area contributed by atoms with Gasteiger partial charge in [-0.25, -0.2) is 0 Å². The molecule has 1 atom stereocenters. The Balaban J connectivity index is 1.64. The number of nitrogens with one attached hydrogen (secondary N) is 2. The SMILES string of the molecule is O=C(O)C(Cc1c[nH]c2ccccc12)NCc1ccc(OC(F)(F)F)cc1. The minimum Gasteiger partial charge on any atom is -0.480 e. The fraction of sp³-hybridized carbons (Fsp3) is 0.211. The summed E-state index contributed by atoms with van der Waals surface area (Å²) in [6.45, 7) is 0.200. The van der Waals surface area contributed by atoms with Crippen molar-refractivity contribution >= 4 is 16.9 Å². The van der Waals surface area contributed by atoms with Crippen LogP contribution in [-0.2, 0) is 17.8 Å². The fourth-order valence-electron chi connectivity index (χ4n) is 2.82. The van der Waals surface area contributed by atoms with Crippen LogP contribution in [0.5, 0.6) is 5.75 Å². The molecule has 0 fully saturated rings. The molecule has 2 aromatic carbocycles. The Morgan fingerprint density at radius 2 is 1.85 bits per heavy atom. The van der Waals surface area contributed by atoms with E-state index in [0.717, 1.165) is 16.5 Å². The van der Waals surface area contributed by atoms with Crippen LogP contribution in [0, 0.1) is 0 Å². The molecule has 0 radical (unpaired) electrons. The van der Waals surface area contributed by atoms with Gasteiger partial charge in [-0.15, -0.1) is 13.2 Å². The van der Waals surface area contributed by atoms with Crippen LogP contribution in [0.2, 0.25) is 0 Å². The molecule has 0 aliphatic carbocycles. The van der Waals surface area contributed by atoms with Crippen LogP contribution in [-0.4, -0.2) is 28.5 Å². The van der Waals surface area contributed by atoms with Gasteiger partial charge in [0.1, 0.15) is 11.8 Å². The lowest BCUT2D eigenvalue weighted by atomic mass is 10.0. The highest BCUT2D eigenvalue weighted by molar-refractivity contribution is 5.84. The monoisotopic (exact) mass is 378 g/mol. The van der Waals surface area contributed by atoms with Gasteiger partial charge >= 0.3 is 12.3 Å². The van der Waals surface area contributed by atoms with Gasteiger partial charge < -0.3 is 20.1 Å². The zero-order valence-corrected chi connectivity index (χ0v) is 14.1. The maximum Gasteiger partial charge on any atom is 0.573 e. The molecule has 0 spiro atoms. The number of H-pyrrole nitrogens is 1. The number of aliphatic carboxylic acids is 1. The number of carbonyl (C=O) groups is 1. The van der Waals surface area contributed by atoms with Crippen molar-refractivity contribution in [3.8, 4) is 5.75 Å². The number of halogens is 3. The van der Waals surface area contributed by atoms with Crippen LogP contribution in [0.3, 0.4) is 0 Å². The van der Waals surface area contributed by atoms with E-state index in [-0.39, 0.29) is 18.7 Å². The fourth-order valence-corrected chi connectivity index (χ4v) is 2.82. The number of hydrogen-bond acceptors (Lipinski definition) is 3. The van der Waals surface area contributed by atoms with Crippen molar-refractivity contribution < 1.29 is 27.8 Å². The van der Waals surface area contributed by atoms with Gasteiger partial charge in [0.25, 0.3) is 0 Å². The number of alkyl halides is 3. The molecule has 1 unspecified atom stereocenters. The first-order valence-electron chi connectivity index (χ1n) is 8.18. The first-order chi connectivity index (χ1) is 12.8. The second kappa shape index (κ2) is 7.71. The van der Waals surface area contributed by atoms with Gasteiger partial charge in [0.15, 0.2) is 0 Å². The van der Waals surface area contributed by atoms with Gasteiger partial charge in [0.05, 0.1) is 0 Å². The van der Waals surface area contributed by atoms with Crippen LogP contribution < -0.4 is 10.1 Å². The second-order valence-electron chi connectivity index (χ2n) is 6.03. The molecule has 3 rings (SSSR count). The lowest BCUT2D eigenvalue weighted by molar-refractivity contribution is -0.274. The van der Waals surface area contributed by atoms with Gasteiger partial charge in [-0.1, -0.05) is 30.3 Å². The van der Waals surface area contributed by atoms with E-state index in [1.54, 1.807) is 6.20 Å². The Kier molecular flexibility index (Phi) is 5.36. The van der Waals surface area contributed by atoms with E-state index in [2.05, 4.69) is 15.0 Å². The molecular weight excluding hydrogens is 361 g/mol. The molecule has 0 aliphatic rings. The summed E-state index contributed by atoms with van der Waals surface area (Å²) in [6.07, 6.45) is -2.69. The van der Waals surface area contributed by atoms with Gasteiger partial charge in [-0.3, -0.25) is 4.79 Å². The molecule has 3 aromatic rings. The molecule has 5 nitrogen and oxygen atoms in total. The van der Waals surface area contributed by atoms with E-state index in [9.17, 15) is 23.1 Å². The molecule has 1 heterocycles. The summed E-state index contributed by atoms with van der Waals surface area (Å²) in [5.74, 6) is -1.32. The molecule has 27 heavy (non-hydrogen) atoms. The number of fused-ring (bicyclic) bond motifs is 1. The maximum absolute atomic E-state index is 12.2. The quantitative estimate of drug-likeness (QED) is 0.584. The summed E-state index contributed by atoms with van der Waals surface area (Å²) in [5.41, 5.74) is 2.45. The van der Waals surface area contributed by atoms with Crippen LogP contribution >= 0.6 is 0 Å². The van der Waals surface area contributed by atoms with Crippen LogP contribution in [0.25, 0.3) is 10.9 Å². The van der Waals surface area contributed by atoms with Crippen LogP contribution in [0.1, 0.15) is 11.1 Å². The second-order valence-corrected chi connectivity index (χ2v) is 6.03. The average molecular weight is 378 g/mol. The van der Waals surface area contributed by atoms with E-state index in [1.165, 1.54) is 24.3 Å². The summed E-state index contributed by atoms with van der Waals surface area (Å²) in [4.78, 5) is 14.7. The van der Waals surface area contributed by atoms with E-state index in [0.29, 0.717) is 5.56 Å². The Hall–Kier alpha value is -3.00. The average Bonchev–Trinajstić information content (AvgIpc) is 3.01. The Labute approximate surface area is 152 Å². The number of carboxylic acid groups (broad SMARTS) is 1. The minimum absolute atomic E-state index is 0.200. The van der Waals surface area contributed by atoms with Gasteiger partial charge in [-0.05, 0) is 29.3 Å². The summed E-state index contributed by atoms with van der Waals surface area (Å²) in [7, 11) is 0. The normalized spacial score (nSPS) is 12.9. The van der Waals surface area contributed by atoms with Gasteiger partial charge in [0, 0.05) is 30.1 Å². The molecule has 0 saturated heterocycles. The van der Waals surface area contributed by atoms with Crippen LogP contribution in [0.15, 0.2) is 54.7 Å². The molecule has 0 bridgehead atoms. The van der Waals surface area contributed by atoms with Crippen LogP contribution in [0.4, 0.5) is 13.2 Å². The maximum atomic E-state index is 12.2. The number of hydrogen-bond donors (Lipinski definition) is 3. The van der Waals surface area contributed by atoms with E-state index in [1.807, 2.05) is 24.3 Å². The predicted molar refractivity (Wildman–Crippen MR) is 93.4 cm³/mol. The number of benzene rings is 2. The Morgan fingerprint density at radius 3 is 2.52 bits per heavy atom. The number of ether oxygens (including phenoxy) is 1. The minimum atomic E-state index is -4.74. The largest absolute Gasteiger partial charge is 0.573 e. The zero-order chi connectivity index (χ0) is 19.4. The highest BCUT2D eigenvalue weighted by Gasteiger charge is 2.31. The first kappa shape index (κ1) is 18.8. The van der Waals surface area contributed by atoms with E-state index < -0.39 is 18.4 Å². The molecule has 1 aromatic heterocycles. The summed E-state index contributed by atoms with van der Waals surface area (Å²) >= 11 is 0. The number of aromatic amines is 1. The molecule has 0 aliphatic heterocycles. The molecule has 142 valence electrons. The van der Waals surface area contributed by atoms with Crippen molar-refractivity contribution in [1.82, 2.24) is 10.3 Å². The molecule has 0 amide bonds. The lowest BCUT2D eigenvalue weighted by Crippen LogP contribution is -2.38. The van der Waals surface area contributed by atoms with E-state index in [4.69, 9.17) is 0 Å². The first-order valence-corrected chi connectivity index (χ1v) is 8.18. The Bertz CT molecular complexity index is 920. The third-order valence-corrected chi connectivity index (χ3v) is 4.11. The zero-order valence-electron chi connectivity index (χ0n) is 14.1. The van der Waals surface area contributed by atoms with Crippen molar-refractivity contribution in [2.45, 2.75) is 25.4 Å². The van der Waals surface area contributed by atoms with Crippen molar-refractivity contribution in [2.75, 3.05) is 0 Å².